The van der Waals surface area contributed by atoms with Crippen LogP contribution < -0.4 is 10.5 Å². The van der Waals surface area contributed by atoms with E-state index in [1.165, 1.54) is 17.9 Å². The Bertz CT molecular complexity index is 397. The molecule has 0 aromatic heterocycles. The number of nitrogen functional groups attached to an aromatic ring is 1. The highest BCUT2D eigenvalue weighted by molar-refractivity contribution is 7.99. The summed E-state index contributed by atoms with van der Waals surface area (Å²) >= 11 is 1.98. The molecule has 2 rings (SSSR count). The van der Waals surface area contributed by atoms with Gasteiger partial charge in [-0.3, -0.25) is 4.90 Å². The molecule has 0 spiro atoms. The Morgan fingerprint density at radius 2 is 2.42 bits per heavy atom. The summed E-state index contributed by atoms with van der Waals surface area (Å²) in [6, 6.07) is 7.87. The third-order valence-electron chi connectivity index (χ3n) is 3.33. The molecule has 4 nitrogen and oxygen atoms in total. The van der Waals surface area contributed by atoms with Crippen LogP contribution in [0.1, 0.15) is 6.42 Å². The highest BCUT2D eigenvalue weighted by Gasteiger charge is 2.21. The van der Waals surface area contributed by atoms with Crippen LogP contribution in [-0.2, 0) is 0 Å². The molecule has 1 heterocycles. The van der Waals surface area contributed by atoms with Gasteiger partial charge >= 0.3 is 0 Å². The van der Waals surface area contributed by atoms with Crippen LogP contribution in [0.3, 0.4) is 0 Å². The molecular weight excluding hydrogens is 260 g/mol. The van der Waals surface area contributed by atoms with Crippen LogP contribution in [0.2, 0.25) is 0 Å². The fourth-order valence-electron chi connectivity index (χ4n) is 2.20. The summed E-state index contributed by atoms with van der Waals surface area (Å²) in [6.45, 7) is 0.946. The van der Waals surface area contributed by atoms with Gasteiger partial charge in [-0.25, -0.2) is 0 Å². The van der Waals surface area contributed by atoms with Gasteiger partial charge in [-0.2, -0.15) is 11.8 Å². The van der Waals surface area contributed by atoms with E-state index < -0.39 is 6.10 Å². The molecule has 1 aliphatic rings. The Morgan fingerprint density at radius 3 is 3.11 bits per heavy atom. The molecule has 1 saturated heterocycles. The molecule has 5 heteroatoms. The lowest BCUT2D eigenvalue weighted by Crippen LogP contribution is -2.39. The molecule has 1 aliphatic heterocycles. The number of benzene rings is 1. The molecule has 0 bridgehead atoms. The van der Waals surface area contributed by atoms with Crippen molar-refractivity contribution in [2.24, 2.45) is 0 Å². The second kappa shape index (κ2) is 7.03. The molecule has 1 fully saturated rings. The van der Waals surface area contributed by atoms with E-state index in [2.05, 4.69) is 11.9 Å². The molecule has 1 aromatic rings. The summed E-state index contributed by atoms with van der Waals surface area (Å²) in [5, 5.41) is 10.0. The number of hydrogen-bond acceptors (Lipinski definition) is 5. The Hall–Kier alpha value is -0.910. The molecule has 2 atom stereocenters. The zero-order chi connectivity index (χ0) is 13.7. The SMILES string of the molecule is CN(CC(O)COc1cccc(N)c1)C1CCSC1. The highest BCUT2D eigenvalue weighted by Crippen LogP contribution is 2.21. The number of thioether (sulfide) groups is 1. The van der Waals surface area contributed by atoms with Crippen LogP contribution in [-0.4, -0.2) is 53.9 Å². The van der Waals surface area contributed by atoms with Crippen LogP contribution in [0.5, 0.6) is 5.75 Å². The van der Waals surface area contributed by atoms with Gasteiger partial charge in [-0.05, 0) is 31.4 Å². The van der Waals surface area contributed by atoms with Crippen molar-refractivity contribution in [1.82, 2.24) is 4.90 Å². The molecule has 0 aliphatic carbocycles. The summed E-state index contributed by atoms with van der Waals surface area (Å²) < 4.78 is 5.55. The molecule has 0 radical (unpaired) electrons. The Morgan fingerprint density at radius 1 is 1.58 bits per heavy atom. The summed E-state index contributed by atoms with van der Waals surface area (Å²) in [4.78, 5) is 2.23. The van der Waals surface area contributed by atoms with Gasteiger partial charge in [0, 0.05) is 30.1 Å². The highest BCUT2D eigenvalue weighted by atomic mass is 32.2. The maximum Gasteiger partial charge on any atom is 0.121 e. The molecule has 19 heavy (non-hydrogen) atoms. The molecular formula is C14H22N2O2S. The Balaban J connectivity index is 1.73. The predicted molar refractivity (Wildman–Crippen MR) is 80.7 cm³/mol. The molecule has 1 aromatic carbocycles. The molecule has 3 N–H and O–H groups in total. The number of aliphatic hydroxyl groups is 1. The van der Waals surface area contributed by atoms with E-state index in [4.69, 9.17) is 10.5 Å². The molecule has 0 amide bonds. The third kappa shape index (κ3) is 4.60. The largest absolute Gasteiger partial charge is 0.491 e. The lowest BCUT2D eigenvalue weighted by Gasteiger charge is -2.26. The monoisotopic (exact) mass is 282 g/mol. The minimum Gasteiger partial charge on any atom is -0.491 e. The van der Waals surface area contributed by atoms with Gasteiger partial charge < -0.3 is 15.6 Å². The minimum atomic E-state index is -0.475. The smallest absolute Gasteiger partial charge is 0.121 e. The number of nitrogens with two attached hydrogens (primary N) is 1. The van der Waals surface area contributed by atoms with Crippen molar-refractivity contribution >= 4 is 17.4 Å². The second-order valence-electron chi connectivity index (χ2n) is 4.99. The van der Waals surface area contributed by atoms with Crippen molar-refractivity contribution in [3.63, 3.8) is 0 Å². The topological polar surface area (TPSA) is 58.7 Å². The van der Waals surface area contributed by atoms with E-state index in [0.717, 1.165) is 0 Å². The predicted octanol–water partition coefficient (Wildman–Crippen LogP) is 1.45. The maximum absolute atomic E-state index is 10.0. The first kappa shape index (κ1) is 14.5. The first-order valence-electron chi connectivity index (χ1n) is 6.59. The third-order valence-corrected chi connectivity index (χ3v) is 4.47. The van der Waals surface area contributed by atoms with Gasteiger partial charge in [0.2, 0.25) is 0 Å². The van der Waals surface area contributed by atoms with Gasteiger partial charge in [-0.1, -0.05) is 6.07 Å². The standard InChI is InChI=1S/C14H22N2O2S/c1-16(12-5-6-19-10-12)8-13(17)9-18-14-4-2-3-11(15)7-14/h2-4,7,12-13,17H,5-6,8-10,15H2,1H3. The minimum absolute atomic E-state index is 0.299. The molecule has 2 unspecified atom stereocenters. The van der Waals surface area contributed by atoms with E-state index in [0.29, 0.717) is 30.6 Å². The number of anilines is 1. The van der Waals surface area contributed by atoms with Crippen molar-refractivity contribution in [2.75, 3.05) is 37.4 Å². The van der Waals surface area contributed by atoms with E-state index in [-0.39, 0.29) is 0 Å². The zero-order valence-corrected chi connectivity index (χ0v) is 12.1. The number of nitrogens with zero attached hydrogens (tertiary/aromatic N) is 1. The summed E-state index contributed by atoms with van der Waals surface area (Å²) in [5.74, 6) is 3.10. The fourth-order valence-corrected chi connectivity index (χ4v) is 3.50. The first-order chi connectivity index (χ1) is 9.15. The van der Waals surface area contributed by atoms with Gasteiger partial charge in [0.25, 0.3) is 0 Å². The molecule has 0 saturated carbocycles. The van der Waals surface area contributed by atoms with Crippen LogP contribution >= 0.6 is 11.8 Å². The second-order valence-corrected chi connectivity index (χ2v) is 6.14. The van der Waals surface area contributed by atoms with E-state index in [1.807, 2.05) is 30.0 Å². The van der Waals surface area contributed by atoms with Gasteiger partial charge in [0.05, 0.1) is 0 Å². The first-order valence-corrected chi connectivity index (χ1v) is 7.75. The normalized spacial score (nSPS) is 20.7. The van der Waals surface area contributed by atoms with Gasteiger partial charge in [0.15, 0.2) is 0 Å². The summed E-state index contributed by atoms with van der Waals surface area (Å²) in [5.41, 5.74) is 6.35. The number of hydrogen-bond donors (Lipinski definition) is 2. The van der Waals surface area contributed by atoms with E-state index in [1.54, 1.807) is 6.07 Å². The summed E-state index contributed by atoms with van der Waals surface area (Å²) in [7, 11) is 2.07. The van der Waals surface area contributed by atoms with E-state index >= 15 is 0 Å². The average molecular weight is 282 g/mol. The van der Waals surface area contributed by atoms with E-state index in [9.17, 15) is 5.11 Å². The van der Waals surface area contributed by atoms with Crippen molar-refractivity contribution in [1.29, 1.82) is 0 Å². The van der Waals surface area contributed by atoms with Crippen LogP contribution in [0.15, 0.2) is 24.3 Å². The maximum atomic E-state index is 10.0. The number of aliphatic hydroxyl groups excluding tert-OH is 1. The van der Waals surface area contributed by atoms with Crippen molar-refractivity contribution in [3.05, 3.63) is 24.3 Å². The molecule has 106 valence electrons. The quantitative estimate of drug-likeness (QED) is 0.773. The van der Waals surface area contributed by atoms with Crippen LogP contribution in [0.4, 0.5) is 5.69 Å². The van der Waals surface area contributed by atoms with Crippen molar-refractivity contribution in [3.8, 4) is 5.75 Å². The average Bonchev–Trinajstić information content (AvgIpc) is 2.90. The Kier molecular flexibility index (Phi) is 5.36. The summed E-state index contributed by atoms with van der Waals surface area (Å²) in [6.07, 6.45) is 0.737. The lowest BCUT2D eigenvalue weighted by molar-refractivity contribution is 0.0665. The van der Waals surface area contributed by atoms with Crippen molar-refractivity contribution < 1.29 is 9.84 Å². The number of ether oxygens (including phenoxy) is 1. The number of rotatable bonds is 6. The van der Waals surface area contributed by atoms with Crippen LogP contribution in [0, 0.1) is 0 Å². The van der Waals surface area contributed by atoms with Crippen molar-refractivity contribution in [2.45, 2.75) is 18.6 Å². The number of likely N-dealkylation sites (N-methyl/N-ethyl adjacent to an activating group) is 1. The van der Waals surface area contributed by atoms with Crippen LogP contribution in [0.25, 0.3) is 0 Å². The lowest BCUT2D eigenvalue weighted by atomic mass is 10.2. The van der Waals surface area contributed by atoms with Gasteiger partial charge in [-0.15, -0.1) is 0 Å². The zero-order valence-electron chi connectivity index (χ0n) is 11.3. The Labute approximate surface area is 118 Å². The van der Waals surface area contributed by atoms with Gasteiger partial charge in [0.1, 0.15) is 18.5 Å². The fraction of sp³-hybridized carbons (Fsp3) is 0.571.